The second-order valence-electron chi connectivity index (χ2n) is 8.03. The molecule has 1 heterocycles. The standard InChI is InChI=1S/C21H27Cl2NO4/c1-6-9-27-18-11-17(23)16(22)10-15(18)19(25)14-7-8-24(12-13(14)2)20(26)28-21(3,4)5/h6,10-11,13-14H,1,7-9,12H2,2-5H3/t13-,14-/m0/s1. The van der Waals surface area contributed by atoms with Gasteiger partial charge in [-0.3, -0.25) is 4.79 Å². The summed E-state index contributed by atoms with van der Waals surface area (Å²) in [5, 5.41) is 0.625. The molecule has 154 valence electrons. The Labute approximate surface area is 176 Å². The molecule has 2 rings (SSSR count). The third kappa shape index (κ3) is 5.65. The number of rotatable bonds is 5. The highest BCUT2D eigenvalue weighted by Crippen LogP contribution is 2.35. The summed E-state index contributed by atoms with van der Waals surface area (Å²) in [5.74, 6) is 0.0486. The van der Waals surface area contributed by atoms with Crippen molar-refractivity contribution in [3.05, 3.63) is 40.4 Å². The third-order valence-corrected chi connectivity index (χ3v) is 5.26. The number of nitrogens with zero attached hydrogens (tertiary/aromatic N) is 1. The maximum absolute atomic E-state index is 13.2. The van der Waals surface area contributed by atoms with E-state index in [1.807, 2.05) is 27.7 Å². The maximum Gasteiger partial charge on any atom is 0.410 e. The van der Waals surface area contributed by atoms with Crippen molar-refractivity contribution in [2.24, 2.45) is 11.8 Å². The monoisotopic (exact) mass is 427 g/mol. The highest BCUT2D eigenvalue weighted by Gasteiger charge is 2.36. The minimum absolute atomic E-state index is 0.0320. The van der Waals surface area contributed by atoms with Crippen LogP contribution in [0.3, 0.4) is 0 Å². The van der Waals surface area contributed by atoms with Crippen molar-refractivity contribution < 1.29 is 19.1 Å². The number of ether oxygens (including phenoxy) is 2. The summed E-state index contributed by atoms with van der Waals surface area (Å²) in [5.41, 5.74) is -0.149. The predicted molar refractivity (Wildman–Crippen MR) is 112 cm³/mol. The number of benzene rings is 1. The van der Waals surface area contributed by atoms with Crippen LogP contribution in [0.5, 0.6) is 5.75 Å². The zero-order valence-corrected chi connectivity index (χ0v) is 18.3. The summed E-state index contributed by atoms with van der Waals surface area (Å²) in [6.45, 7) is 12.2. The molecule has 28 heavy (non-hydrogen) atoms. The van der Waals surface area contributed by atoms with E-state index in [4.69, 9.17) is 32.7 Å². The molecule has 2 atom stereocenters. The number of amides is 1. The van der Waals surface area contributed by atoms with E-state index in [-0.39, 0.29) is 30.3 Å². The molecular weight excluding hydrogens is 401 g/mol. The van der Waals surface area contributed by atoms with Crippen molar-refractivity contribution in [1.82, 2.24) is 4.90 Å². The minimum Gasteiger partial charge on any atom is -0.489 e. The molecular formula is C21H27Cl2NO4. The number of ketones is 1. The molecule has 0 aliphatic carbocycles. The highest BCUT2D eigenvalue weighted by molar-refractivity contribution is 6.42. The summed E-state index contributed by atoms with van der Waals surface area (Å²) in [6, 6.07) is 3.11. The van der Waals surface area contributed by atoms with E-state index in [0.29, 0.717) is 40.9 Å². The van der Waals surface area contributed by atoms with Gasteiger partial charge in [0.2, 0.25) is 0 Å². The Morgan fingerprint density at radius 3 is 2.50 bits per heavy atom. The summed E-state index contributed by atoms with van der Waals surface area (Å²) in [7, 11) is 0. The second-order valence-corrected chi connectivity index (χ2v) is 8.84. The maximum atomic E-state index is 13.2. The van der Waals surface area contributed by atoms with Gasteiger partial charge < -0.3 is 14.4 Å². The molecule has 1 amide bonds. The van der Waals surface area contributed by atoms with E-state index in [2.05, 4.69) is 6.58 Å². The number of Topliss-reactive ketones (excluding diaryl/α,β-unsaturated/α-hetero) is 1. The Hall–Kier alpha value is -1.72. The molecule has 1 aromatic carbocycles. The van der Waals surface area contributed by atoms with Crippen LogP contribution >= 0.6 is 23.2 Å². The fourth-order valence-corrected chi connectivity index (χ4v) is 3.53. The van der Waals surface area contributed by atoms with Crippen LogP contribution in [0, 0.1) is 11.8 Å². The van der Waals surface area contributed by atoms with Crippen molar-refractivity contribution >= 4 is 35.1 Å². The van der Waals surface area contributed by atoms with Gasteiger partial charge in [-0.05, 0) is 39.2 Å². The average molecular weight is 428 g/mol. The van der Waals surface area contributed by atoms with Gasteiger partial charge in [-0.25, -0.2) is 4.79 Å². The fraction of sp³-hybridized carbons (Fsp3) is 0.524. The second kappa shape index (κ2) is 9.19. The van der Waals surface area contributed by atoms with E-state index in [1.165, 1.54) is 0 Å². The first-order chi connectivity index (χ1) is 13.0. The van der Waals surface area contributed by atoms with Gasteiger partial charge in [-0.15, -0.1) is 0 Å². The minimum atomic E-state index is -0.551. The molecule has 1 saturated heterocycles. The summed E-state index contributed by atoms with van der Waals surface area (Å²) >= 11 is 12.2. The number of hydrogen-bond donors (Lipinski definition) is 0. The van der Waals surface area contributed by atoms with Crippen molar-refractivity contribution in [1.29, 1.82) is 0 Å². The van der Waals surface area contributed by atoms with Gasteiger partial charge in [-0.1, -0.05) is 42.8 Å². The zero-order chi connectivity index (χ0) is 21.1. The first kappa shape index (κ1) is 22.6. The van der Waals surface area contributed by atoms with Crippen LogP contribution in [0.15, 0.2) is 24.8 Å². The molecule has 1 aromatic rings. The van der Waals surface area contributed by atoms with Crippen molar-refractivity contribution in [3.8, 4) is 5.75 Å². The van der Waals surface area contributed by atoms with E-state index < -0.39 is 5.60 Å². The molecule has 0 N–H and O–H groups in total. The van der Waals surface area contributed by atoms with E-state index in [0.717, 1.165) is 0 Å². The van der Waals surface area contributed by atoms with Gasteiger partial charge in [0.05, 0.1) is 15.6 Å². The first-order valence-corrected chi connectivity index (χ1v) is 10.0. The molecule has 7 heteroatoms. The van der Waals surface area contributed by atoms with Crippen LogP contribution in [-0.4, -0.2) is 42.1 Å². The SMILES string of the molecule is C=CCOc1cc(Cl)c(Cl)cc1C(=O)[C@H]1CCN(C(=O)OC(C)(C)C)C[C@@H]1C. The molecule has 1 aliphatic rings. The molecule has 0 unspecified atom stereocenters. The third-order valence-electron chi connectivity index (χ3n) is 4.54. The lowest BCUT2D eigenvalue weighted by Crippen LogP contribution is -2.46. The summed E-state index contributed by atoms with van der Waals surface area (Å²) in [6.07, 6.45) is 1.79. The predicted octanol–water partition coefficient (Wildman–Crippen LogP) is 5.63. The molecule has 0 bridgehead atoms. The number of carbonyl (C=O) groups excluding carboxylic acids is 2. The number of piperidine rings is 1. The molecule has 0 radical (unpaired) electrons. The molecule has 1 aliphatic heterocycles. The van der Waals surface area contributed by atoms with Gasteiger partial charge in [0, 0.05) is 25.1 Å². The molecule has 0 saturated carbocycles. The lowest BCUT2D eigenvalue weighted by molar-refractivity contribution is 0.0118. The Bertz CT molecular complexity index is 758. The van der Waals surface area contributed by atoms with E-state index in [9.17, 15) is 9.59 Å². The molecule has 0 spiro atoms. The smallest absolute Gasteiger partial charge is 0.410 e. The Kier molecular flexibility index (Phi) is 7.40. The van der Waals surface area contributed by atoms with Crippen LogP contribution in [0.25, 0.3) is 0 Å². The fourth-order valence-electron chi connectivity index (χ4n) is 3.22. The Morgan fingerprint density at radius 2 is 1.93 bits per heavy atom. The van der Waals surface area contributed by atoms with Crippen molar-refractivity contribution in [3.63, 3.8) is 0 Å². The summed E-state index contributed by atoms with van der Waals surface area (Å²) in [4.78, 5) is 27.2. The van der Waals surface area contributed by atoms with Crippen LogP contribution in [0.4, 0.5) is 4.79 Å². The number of halogens is 2. The van der Waals surface area contributed by atoms with Crippen LogP contribution in [-0.2, 0) is 4.74 Å². The Morgan fingerprint density at radius 1 is 1.29 bits per heavy atom. The van der Waals surface area contributed by atoms with Gasteiger partial charge >= 0.3 is 6.09 Å². The largest absolute Gasteiger partial charge is 0.489 e. The molecule has 5 nitrogen and oxygen atoms in total. The van der Waals surface area contributed by atoms with Crippen LogP contribution in [0.2, 0.25) is 10.0 Å². The van der Waals surface area contributed by atoms with Crippen molar-refractivity contribution in [2.45, 2.75) is 39.7 Å². The lowest BCUT2D eigenvalue weighted by Gasteiger charge is -2.37. The average Bonchev–Trinajstić information content (AvgIpc) is 2.60. The van der Waals surface area contributed by atoms with Gasteiger partial charge in [0.25, 0.3) is 0 Å². The topological polar surface area (TPSA) is 55.8 Å². The quantitative estimate of drug-likeness (QED) is 0.450. The highest BCUT2D eigenvalue weighted by atomic mass is 35.5. The van der Waals surface area contributed by atoms with E-state index in [1.54, 1.807) is 23.1 Å². The lowest BCUT2D eigenvalue weighted by atomic mass is 9.81. The number of hydrogen-bond acceptors (Lipinski definition) is 4. The van der Waals surface area contributed by atoms with Gasteiger partial charge in [0.1, 0.15) is 18.0 Å². The van der Waals surface area contributed by atoms with Crippen LogP contribution < -0.4 is 4.74 Å². The molecule has 0 aromatic heterocycles. The van der Waals surface area contributed by atoms with E-state index >= 15 is 0 Å². The number of carbonyl (C=O) groups is 2. The normalized spacial score (nSPS) is 19.9. The molecule has 1 fully saturated rings. The van der Waals surface area contributed by atoms with Gasteiger partial charge in [0.15, 0.2) is 5.78 Å². The zero-order valence-electron chi connectivity index (χ0n) is 16.8. The summed E-state index contributed by atoms with van der Waals surface area (Å²) < 4.78 is 11.1. The van der Waals surface area contributed by atoms with Crippen molar-refractivity contribution in [2.75, 3.05) is 19.7 Å². The number of likely N-dealkylation sites (tertiary alicyclic amines) is 1. The van der Waals surface area contributed by atoms with Crippen LogP contribution in [0.1, 0.15) is 44.5 Å². The van der Waals surface area contributed by atoms with Gasteiger partial charge in [-0.2, -0.15) is 0 Å². The Balaban J connectivity index is 2.17. The first-order valence-electron chi connectivity index (χ1n) is 9.28.